The number of aromatic nitrogens is 2. The van der Waals surface area contributed by atoms with E-state index in [1.54, 1.807) is 24.3 Å². The van der Waals surface area contributed by atoms with Crippen molar-refractivity contribution >= 4 is 35.5 Å². The molecule has 2 aromatic carbocycles. The number of H-pyrrole nitrogens is 1. The summed E-state index contributed by atoms with van der Waals surface area (Å²) in [5, 5.41) is 20.9. The molecule has 0 bridgehead atoms. The van der Waals surface area contributed by atoms with E-state index in [0.29, 0.717) is 5.75 Å². The van der Waals surface area contributed by atoms with Crippen molar-refractivity contribution in [1.82, 2.24) is 25.1 Å². The summed E-state index contributed by atoms with van der Waals surface area (Å²) in [7, 11) is 0. The average Bonchev–Trinajstić information content (AvgIpc) is 3.85. The van der Waals surface area contributed by atoms with E-state index in [0.717, 1.165) is 16.7 Å². The zero-order valence-electron chi connectivity index (χ0n) is 31.5. The van der Waals surface area contributed by atoms with Gasteiger partial charge in [-0.05, 0) is 42.5 Å². The maximum atomic E-state index is 13.8. The van der Waals surface area contributed by atoms with Crippen LogP contribution < -0.4 is 21.9 Å². The van der Waals surface area contributed by atoms with Crippen molar-refractivity contribution in [2.75, 3.05) is 18.2 Å². The number of aliphatic hydroxyl groups excluding tert-OH is 1. The number of thioether (sulfide) groups is 1. The second-order valence-electron chi connectivity index (χ2n) is 14.0. The highest BCUT2D eigenvalue weighted by atomic mass is 32.2. The predicted octanol–water partition coefficient (Wildman–Crippen LogP) is 2.24. The van der Waals surface area contributed by atoms with Crippen molar-refractivity contribution in [2.24, 2.45) is 17.0 Å². The fourth-order valence-corrected chi connectivity index (χ4v) is 7.67. The predicted molar refractivity (Wildman–Crippen MR) is 206 cm³/mol. The van der Waals surface area contributed by atoms with Crippen LogP contribution in [0.4, 0.5) is 0 Å². The van der Waals surface area contributed by atoms with Crippen LogP contribution >= 0.6 is 11.8 Å². The van der Waals surface area contributed by atoms with Crippen LogP contribution in [0.2, 0.25) is 0 Å². The summed E-state index contributed by atoms with van der Waals surface area (Å²) >= 11 is 1.38. The van der Waals surface area contributed by atoms with Gasteiger partial charge in [0.2, 0.25) is 11.8 Å². The Morgan fingerprint density at radius 3 is 2.50 bits per heavy atom. The van der Waals surface area contributed by atoms with Gasteiger partial charge >= 0.3 is 11.7 Å². The normalized spacial score (nSPS) is 21.3. The van der Waals surface area contributed by atoms with E-state index in [-0.39, 0.29) is 43.3 Å². The number of aliphatic hydroxyl groups is 1. The number of hydrogen-bond acceptors (Lipinski definition) is 11. The number of carbonyl (C=O) groups excluding carboxylic acids is 4. The SMILES string of the molecule is Cc1ccccc1CNC(=O)[C@@H]1CSCN1C(=O)[C@@H](O)[C@H](Cc1ccccc1)NC(=O)C(C)C(C)C(=O)OC[C@@H]1O[C@H](n2cc(C)c(=O)[nH]c2=O)C[C@H]1N=[N+]=[N-]. The van der Waals surface area contributed by atoms with Gasteiger partial charge in [-0.25, -0.2) is 4.79 Å². The maximum Gasteiger partial charge on any atom is 0.330 e. The minimum absolute atomic E-state index is 0.0742. The van der Waals surface area contributed by atoms with Crippen LogP contribution in [0.25, 0.3) is 10.4 Å². The number of azide groups is 1. The molecule has 4 N–H and O–H groups in total. The summed E-state index contributed by atoms with van der Waals surface area (Å²) in [4.78, 5) is 84.7. The molecule has 298 valence electrons. The molecule has 18 heteroatoms. The van der Waals surface area contributed by atoms with E-state index in [1.165, 1.54) is 48.2 Å². The number of hydrogen-bond donors (Lipinski definition) is 4. The molecule has 56 heavy (non-hydrogen) atoms. The number of nitrogens with one attached hydrogen (secondary N) is 3. The van der Waals surface area contributed by atoms with Crippen molar-refractivity contribution in [1.29, 1.82) is 0 Å². The summed E-state index contributed by atoms with van der Waals surface area (Å²) in [5.74, 6) is -3.93. The van der Waals surface area contributed by atoms with Crippen molar-refractivity contribution in [2.45, 2.75) is 83.6 Å². The maximum absolute atomic E-state index is 13.8. The van der Waals surface area contributed by atoms with Crippen LogP contribution in [0.5, 0.6) is 0 Å². The summed E-state index contributed by atoms with van der Waals surface area (Å²) in [6, 6.07) is 13.9. The molecule has 3 aromatic rings. The van der Waals surface area contributed by atoms with E-state index in [4.69, 9.17) is 15.0 Å². The van der Waals surface area contributed by atoms with Gasteiger partial charge in [0.15, 0.2) is 6.10 Å². The highest BCUT2D eigenvalue weighted by Gasteiger charge is 2.41. The van der Waals surface area contributed by atoms with Gasteiger partial charge in [0.1, 0.15) is 25.0 Å². The molecule has 0 saturated carbocycles. The number of aryl methyl sites for hydroxylation is 2. The van der Waals surface area contributed by atoms with Crippen LogP contribution in [0.3, 0.4) is 0 Å². The number of ether oxygens (including phenoxy) is 2. The Morgan fingerprint density at radius 2 is 1.79 bits per heavy atom. The third-order valence-corrected chi connectivity index (χ3v) is 11.2. The Morgan fingerprint density at radius 1 is 1.07 bits per heavy atom. The molecule has 17 nitrogen and oxygen atoms in total. The zero-order valence-corrected chi connectivity index (χ0v) is 32.3. The number of carbonyl (C=O) groups is 4. The Kier molecular flexibility index (Phi) is 14.1. The van der Waals surface area contributed by atoms with Crippen molar-refractivity contribution in [3.63, 3.8) is 0 Å². The average molecular weight is 791 g/mol. The van der Waals surface area contributed by atoms with Gasteiger partial charge < -0.3 is 30.1 Å². The van der Waals surface area contributed by atoms with Gasteiger partial charge in [0.25, 0.3) is 11.5 Å². The van der Waals surface area contributed by atoms with Gasteiger partial charge in [0, 0.05) is 41.3 Å². The molecular formula is C38H46N8O9S. The van der Waals surface area contributed by atoms with Crippen molar-refractivity contribution < 1.29 is 33.8 Å². The van der Waals surface area contributed by atoms with Crippen LogP contribution in [0.15, 0.2) is 75.5 Å². The fraction of sp³-hybridized carbons (Fsp3) is 0.474. The first-order valence-corrected chi connectivity index (χ1v) is 19.4. The largest absolute Gasteiger partial charge is 0.463 e. The molecule has 2 saturated heterocycles. The minimum atomic E-state index is -1.72. The topological polar surface area (TPSA) is 238 Å². The van der Waals surface area contributed by atoms with Gasteiger partial charge in [0.05, 0.1) is 23.9 Å². The van der Waals surface area contributed by atoms with E-state index >= 15 is 0 Å². The lowest BCUT2D eigenvalue weighted by molar-refractivity contribution is -0.157. The van der Waals surface area contributed by atoms with Crippen molar-refractivity contribution in [3.8, 4) is 0 Å². The number of aromatic amines is 1. The monoisotopic (exact) mass is 790 g/mol. The van der Waals surface area contributed by atoms with E-state index in [2.05, 4.69) is 25.6 Å². The van der Waals surface area contributed by atoms with Gasteiger partial charge in [-0.3, -0.25) is 33.5 Å². The Balaban J connectivity index is 1.22. The molecular weight excluding hydrogens is 745 g/mol. The molecule has 2 aliphatic rings. The molecule has 2 unspecified atom stereocenters. The molecule has 8 atom stereocenters. The number of nitrogens with zero attached hydrogens (tertiary/aromatic N) is 5. The standard InChI is InChI=1S/C38H46N8O9S/c1-21-10-8-9-13-26(21)16-40-35(50)29-19-56-20-46(29)36(51)32(47)28(14-25-11-6-5-7-12-25)41-34(49)23(3)24(4)37(52)54-18-30-27(43-44-39)15-31(55-30)45-17-22(2)33(48)42-38(45)53/h5-13,17,23-24,27-32,47H,14-16,18-20H2,1-4H3,(H,40,50)(H,41,49)(H,42,48,53)/t23?,24?,27-,28+,29+,30+,31+,32+/m1/s1. The first kappa shape index (κ1) is 41.7. The first-order chi connectivity index (χ1) is 26.8. The second kappa shape index (κ2) is 18.9. The van der Waals surface area contributed by atoms with Gasteiger partial charge in [-0.1, -0.05) is 73.6 Å². The molecule has 1 aromatic heterocycles. The highest BCUT2D eigenvalue weighted by molar-refractivity contribution is 7.99. The molecule has 2 aliphatic heterocycles. The van der Waals surface area contributed by atoms with Crippen LogP contribution in [0.1, 0.15) is 48.8 Å². The molecule has 0 aliphatic carbocycles. The zero-order chi connectivity index (χ0) is 40.5. The van der Waals surface area contributed by atoms with Gasteiger partial charge in [-0.2, -0.15) is 0 Å². The van der Waals surface area contributed by atoms with E-state index < -0.39 is 77.4 Å². The Labute approximate surface area is 326 Å². The van der Waals surface area contributed by atoms with Crippen LogP contribution in [-0.4, -0.2) is 91.8 Å². The Hall–Kier alpha value is -5.42. The Bertz CT molecular complexity index is 2070. The fourth-order valence-electron chi connectivity index (χ4n) is 6.50. The lowest BCUT2D eigenvalue weighted by Crippen LogP contribution is -2.57. The van der Waals surface area contributed by atoms with Crippen LogP contribution in [0, 0.1) is 25.7 Å². The summed E-state index contributed by atoms with van der Waals surface area (Å²) in [6.07, 6.45) is -2.07. The van der Waals surface area contributed by atoms with E-state index in [9.17, 15) is 33.9 Å². The van der Waals surface area contributed by atoms with Crippen LogP contribution in [-0.2, 0) is 41.6 Å². The molecule has 3 heterocycles. The van der Waals surface area contributed by atoms with Gasteiger partial charge in [-0.15, -0.1) is 11.8 Å². The third-order valence-electron chi connectivity index (χ3n) is 10.2. The number of benzene rings is 2. The molecule has 0 radical (unpaired) electrons. The molecule has 0 spiro atoms. The quantitative estimate of drug-likeness (QED) is 0.0758. The number of rotatable bonds is 15. The summed E-state index contributed by atoms with van der Waals surface area (Å²) in [5.41, 5.74) is 10.8. The first-order valence-electron chi connectivity index (χ1n) is 18.2. The lowest BCUT2D eigenvalue weighted by Gasteiger charge is -2.31. The summed E-state index contributed by atoms with van der Waals surface area (Å²) < 4.78 is 12.6. The molecule has 5 rings (SSSR count). The molecule has 2 fully saturated rings. The second-order valence-corrected chi connectivity index (χ2v) is 15.0. The number of esters is 1. The van der Waals surface area contributed by atoms with E-state index in [1.807, 2.05) is 37.3 Å². The smallest absolute Gasteiger partial charge is 0.330 e. The lowest BCUT2D eigenvalue weighted by atomic mass is 9.93. The van der Waals surface area contributed by atoms with Crippen molar-refractivity contribution in [3.05, 3.63) is 114 Å². The highest BCUT2D eigenvalue weighted by Crippen LogP contribution is 2.31. The number of amides is 3. The minimum Gasteiger partial charge on any atom is -0.463 e. The summed E-state index contributed by atoms with van der Waals surface area (Å²) in [6.45, 7) is 6.39. The molecule has 3 amide bonds. The third kappa shape index (κ3) is 10.1.